The molecular weight excluding hydrogens is 286 g/mol. The maximum atomic E-state index is 12.3. The molecule has 0 saturated carbocycles. The van der Waals surface area contributed by atoms with E-state index >= 15 is 0 Å². The predicted octanol–water partition coefficient (Wildman–Crippen LogP) is 2.13. The van der Waals surface area contributed by atoms with Crippen molar-refractivity contribution in [3.05, 3.63) is 54.1 Å². The normalized spacial score (nSPS) is 11.6. The number of nitrogens with zero attached hydrogens (tertiary/aromatic N) is 1. The summed E-state index contributed by atoms with van der Waals surface area (Å²) in [4.78, 5) is 0.254. The van der Waals surface area contributed by atoms with Crippen molar-refractivity contribution < 1.29 is 8.42 Å². The van der Waals surface area contributed by atoms with Gasteiger partial charge in [-0.1, -0.05) is 30.3 Å². The van der Waals surface area contributed by atoms with Crippen molar-refractivity contribution in [2.75, 3.05) is 25.1 Å². The first-order valence-corrected chi connectivity index (χ1v) is 7.96. The van der Waals surface area contributed by atoms with Crippen LogP contribution in [0.1, 0.15) is 5.56 Å². The van der Waals surface area contributed by atoms with Gasteiger partial charge in [0.05, 0.1) is 5.69 Å². The van der Waals surface area contributed by atoms with Gasteiger partial charge in [-0.15, -0.1) is 0 Å². The molecule has 0 aromatic heterocycles. The molecular formula is C15H19N3O2S. The number of nitrogens with two attached hydrogens (primary N) is 1. The largest absolute Gasteiger partial charge is 0.398 e. The van der Waals surface area contributed by atoms with Gasteiger partial charge < -0.3 is 11.1 Å². The van der Waals surface area contributed by atoms with Crippen LogP contribution in [0.15, 0.2) is 53.4 Å². The molecule has 21 heavy (non-hydrogen) atoms. The zero-order valence-electron chi connectivity index (χ0n) is 12.1. The van der Waals surface area contributed by atoms with Gasteiger partial charge in [-0.2, -0.15) is 0 Å². The molecule has 0 amide bonds. The summed E-state index contributed by atoms with van der Waals surface area (Å²) in [6, 6.07) is 14.3. The Balaban J connectivity index is 2.28. The predicted molar refractivity (Wildman–Crippen MR) is 85.5 cm³/mol. The van der Waals surface area contributed by atoms with Crippen molar-refractivity contribution in [1.29, 1.82) is 0 Å². The Morgan fingerprint density at radius 2 is 1.67 bits per heavy atom. The van der Waals surface area contributed by atoms with Gasteiger partial charge in [-0.05, 0) is 23.8 Å². The third-order valence-corrected chi connectivity index (χ3v) is 5.04. The van der Waals surface area contributed by atoms with Gasteiger partial charge in [-0.25, -0.2) is 12.7 Å². The molecule has 2 rings (SSSR count). The number of anilines is 2. The number of rotatable bonds is 5. The van der Waals surface area contributed by atoms with E-state index in [9.17, 15) is 8.42 Å². The topological polar surface area (TPSA) is 75.4 Å². The minimum absolute atomic E-state index is 0.254. The van der Waals surface area contributed by atoms with Crippen LogP contribution >= 0.6 is 0 Å². The summed E-state index contributed by atoms with van der Waals surface area (Å²) in [5, 5.41) is 3.15. The highest BCUT2D eigenvalue weighted by molar-refractivity contribution is 7.89. The second-order valence-corrected chi connectivity index (χ2v) is 6.96. The Hall–Kier alpha value is -2.05. The Bertz CT molecular complexity index is 727. The average molecular weight is 305 g/mol. The molecule has 0 saturated heterocycles. The Kier molecular flexibility index (Phi) is 4.50. The zero-order chi connectivity index (χ0) is 15.5. The van der Waals surface area contributed by atoms with Crippen LogP contribution in [0.4, 0.5) is 11.4 Å². The van der Waals surface area contributed by atoms with Gasteiger partial charge >= 0.3 is 0 Å². The maximum absolute atomic E-state index is 12.3. The number of hydrogen-bond acceptors (Lipinski definition) is 4. The van der Waals surface area contributed by atoms with Crippen molar-refractivity contribution >= 4 is 21.4 Å². The van der Waals surface area contributed by atoms with Crippen LogP contribution in [0, 0.1) is 0 Å². The zero-order valence-corrected chi connectivity index (χ0v) is 12.9. The van der Waals surface area contributed by atoms with Crippen molar-refractivity contribution in [2.45, 2.75) is 11.4 Å². The Morgan fingerprint density at radius 3 is 2.33 bits per heavy atom. The summed E-state index contributed by atoms with van der Waals surface area (Å²) < 4.78 is 25.8. The van der Waals surface area contributed by atoms with Gasteiger partial charge in [0, 0.05) is 26.3 Å². The third-order valence-electron chi connectivity index (χ3n) is 3.17. The van der Waals surface area contributed by atoms with E-state index in [-0.39, 0.29) is 4.90 Å². The molecule has 0 aliphatic carbocycles. The van der Waals surface area contributed by atoms with E-state index in [1.54, 1.807) is 24.3 Å². The fraction of sp³-hybridized carbons (Fsp3) is 0.200. The summed E-state index contributed by atoms with van der Waals surface area (Å²) in [6.45, 7) is 0.465. The highest BCUT2D eigenvalue weighted by atomic mass is 32.2. The van der Waals surface area contributed by atoms with Crippen LogP contribution in [0.2, 0.25) is 0 Å². The molecule has 2 aromatic rings. The molecule has 0 atom stereocenters. The molecule has 0 radical (unpaired) electrons. The summed E-state index contributed by atoms with van der Waals surface area (Å²) >= 11 is 0. The van der Waals surface area contributed by atoms with E-state index in [2.05, 4.69) is 5.32 Å². The van der Waals surface area contributed by atoms with E-state index in [1.807, 2.05) is 24.3 Å². The first-order valence-electron chi connectivity index (χ1n) is 6.51. The average Bonchev–Trinajstić information content (AvgIpc) is 2.46. The number of nitrogen functional groups attached to an aromatic ring is 1. The van der Waals surface area contributed by atoms with Crippen LogP contribution in [-0.4, -0.2) is 26.8 Å². The van der Waals surface area contributed by atoms with Gasteiger partial charge in [0.2, 0.25) is 10.0 Å². The molecule has 0 aliphatic heterocycles. The summed E-state index contributed by atoms with van der Waals surface area (Å²) in [5.41, 5.74) is 8.06. The quantitative estimate of drug-likeness (QED) is 0.830. The fourth-order valence-electron chi connectivity index (χ4n) is 1.92. The van der Waals surface area contributed by atoms with Crippen molar-refractivity contribution in [1.82, 2.24) is 4.31 Å². The number of benzene rings is 2. The van der Waals surface area contributed by atoms with Crippen LogP contribution in [0.25, 0.3) is 0 Å². The van der Waals surface area contributed by atoms with E-state index in [4.69, 9.17) is 5.73 Å². The third kappa shape index (κ3) is 3.34. The molecule has 0 heterocycles. The minimum Gasteiger partial charge on any atom is -0.398 e. The Morgan fingerprint density at radius 1 is 1.05 bits per heavy atom. The SMILES string of the molecule is CN(C)S(=O)(=O)c1ccccc1NCc1ccccc1N. The van der Waals surface area contributed by atoms with Gasteiger partial charge in [0.15, 0.2) is 0 Å². The van der Waals surface area contributed by atoms with Crippen LogP contribution in [0.3, 0.4) is 0 Å². The molecule has 3 N–H and O–H groups in total. The summed E-state index contributed by atoms with van der Waals surface area (Å²) in [7, 11) is -0.452. The fourth-order valence-corrected chi connectivity index (χ4v) is 2.98. The van der Waals surface area contributed by atoms with Gasteiger partial charge in [0.25, 0.3) is 0 Å². The van der Waals surface area contributed by atoms with E-state index in [0.717, 1.165) is 5.56 Å². The molecule has 6 heteroatoms. The molecule has 112 valence electrons. The summed E-state index contributed by atoms with van der Waals surface area (Å²) in [6.07, 6.45) is 0. The summed E-state index contributed by atoms with van der Waals surface area (Å²) in [5.74, 6) is 0. The molecule has 0 spiro atoms. The lowest BCUT2D eigenvalue weighted by molar-refractivity contribution is 0.521. The number of para-hydroxylation sites is 2. The monoisotopic (exact) mass is 305 g/mol. The lowest BCUT2D eigenvalue weighted by Crippen LogP contribution is -2.23. The number of hydrogen-bond donors (Lipinski definition) is 2. The molecule has 5 nitrogen and oxygen atoms in total. The smallest absolute Gasteiger partial charge is 0.244 e. The first-order chi connectivity index (χ1) is 9.93. The van der Waals surface area contributed by atoms with Crippen molar-refractivity contribution in [3.63, 3.8) is 0 Å². The second-order valence-electron chi connectivity index (χ2n) is 4.84. The van der Waals surface area contributed by atoms with Crippen molar-refractivity contribution in [2.24, 2.45) is 0 Å². The highest BCUT2D eigenvalue weighted by Crippen LogP contribution is 2.24. The van der Waals surface area contributed by atoms with Crippen LogP contribution in [-0.2, 0) is 16.6 Å². The molecule has 0 fully saturated rings. The van der Waals surface area contributed by atoms with Gasteiger partial charge in [0.1, 0.15) is 4.90 Å². The lowest BCUT2D eigenvalue weighted by atomic mass is 10.2. The molecule has 2 aromatic carbocycles. The van der Waals surface area contributed by atoms with Crippen LogP contribution in [0.5, 0.6) is 0 Å². The van der Waals surface area contributed by atoms with Crippen LogP contribution < -0.4 is 11.1 Å². The molecule has 0 bridgehead atoms. The highest BCUT2D eigenvalue weighted by Gasteiger charge is 2.20. The minimum atomic E-state index is -3.48. The van der Waals surface area contributed by atoms with E-state index < -0.39 is 10.0 Å². The first kappa shape index (κ1) is 15.3. The Labute approximate surface area is 125 Å². The maximum Gasteiger partial charge on any atom is 0.244 e. The molecule has 0 aliphatic rings. The standard InChI is InChI=1S/C15H19N3O2S/c1-18(2)21(19,20)15-10-6-5-9-14(15)17-11-12-7-3-4-8-13(12)16/h3-10,17H,11,16H2,1-2H3. The second kappa shape index (κ2) is 6.15. The lowest BCUT2D eigenvalue weighted by Gasteiger charge is -2.16. The molecule has 0 unspecified atom stereocenters. The number of nitrogens with one attached hydrogen (secondary N) is 1. The van der Waals surface area contributed by atoms with Crippen molar-refractivity contribution in [3.8, 4) is 0 Å². The number of sulfonamides is 1. The van der Waals surface area contributed by atoms with E-state index in [1.165, 1.54) is 18.4 Å². The van der Waals surface area contributed by atoms with Gasteiger partial charge in [-0.3, -0.25) is 0 Å². The van der Waals surface area contributed by atoms with E-state index in [0.29, 0.717) is 17.9 Å².